The molecule has 140 valence electrons. The van der Waals surface area contributed by atoms with Crippen LogP contribution in [-0.4, -0.2) is 50.4 Å². The monoisotopic (exact) mass is 364 g/mol. The van der Waals surface area contributed by atoms with E-state index in [-0.39, 0.29) is 5.56 Å². The van der Waals surface area contributed by atoms with E-state index in [0.29, 0.717) is 12.0 Å². The first-order chi connectivity index (χ1) is 13.1. The molecule has 3 aromatic rings. The van der Waals surface area contributed by atoms with Crippen LogP contribution in [0.1, 0.15) is 40.0 Å². The summed E-state index contributed by atoms with van der Waals surface area (Å²) in [7, 11) is 0. The van der Waals surface area contributed by atoms with E-state index in [9.17, 15) is 9.90 Å². The number of hydrogen-bond acceptors (Lipinski definition) is 4. The minimum Gasteiger partial charge on any atom is -0.478 e. The quantitative estimate of drug-likeness (QED) is 0.728. The normalized spacial score (nSPS) is 14.9. The van der Waals surface area contributed by atoms with Crippen LogP contribution in [0.2, 0.25) is 0 Å². The second-order valence-electron chi connectivity index (χ2n) is 7.25. The highest BCUT2D eigenvalue weighted by Gasteiger charge is 2.17. The van der Waals surface area contributed by atoms with Crippen molar-refractivity contribution in [3.63, 3.8) is 0 Å². The zero-order chi connectivity index (χ0) is 18.8. The first-order valence-corrected chi connectivity index (χ1v) is 9.46. The molecule has 1 aromatic carbocycles. The molecular weight excluding hydrogens is 340 g/mol. The number of fused-ring (bicyclic) bond motifs is 1. The molecule has 1 aliphatic rings. The summed E-state index contributed by atoms with van der Waals surface area (Å²) in [6.45, 7) is 6.25. The maximum atomic E-state index is 11.5. The molecule has 6 nitrogen and oxygen atoms in total. The number of aromatic carboxylic acids is 1. The topological polar surface area (TPSA) is 71.2 Å². The molecule has 0 unspecified atom stereocenters. The molecule has 0 bridgehead atoms. The molecule has 2 aromatic heterocycles. The standard InChI is InChI=1S/C21H24N4O2/c1-15-4-5-20-18(12-15)19(13-16-14-22-7-6-17(16)21(26)27)23-25(20)11-10-24-8-2-3-9-24/h4-7,12,14H,2-3,8-11,13H2,1H3,(H,26,27). The highest BCUT2D eigenvalue weighted by Crippen LogP contribution is 2.24. The predicted molar refractivity (Wildman–Crippen MR) is 104 cm³/mol. The number of aryl methyl sites for hydroxylation is 1. The van der Waals surface area contributed by atoms with Crippen molar-refractivity contribution < 1.29 is 9.90 Å². The number of carboxylic acid groups (broad SMARTS) is 1. The number of aromatic nitrogens is 3. The Bertz CT molecular complexity index is 973. The Morgan fingerprint density at radius 1 is 1.19 bits per heavy atom. The molecular formula is C21H24N4O2. The molecule has 1 fully saturated rings. The summed E-state index contributed by atoms with van der Waals surface area (Å²) in [6.07, 6.45) is 6.18. The van der Waals surface area contributed by atoms with Crippen molar-refractivity contribution in [2.75, 3.05) is 19.6 Å². The Labute approximate surface area is 158 Å². The number of carbonyl (C=O) groups is 1. The third-order valence-corrected chi connectivity index (χ3v) is 5.30. The second kappa shape index (κ2) is 7.48. The van der Waals surface area contributed by atoms with Gasteiger partial charge in [0.1, 0.15) is 0 Å². The lowest BCUT2D eigenvalue weighted by molar-refractivity contribution is 0.0695. The maximum absolute atomic E-state index is 11.5. The smallest absolute Gasteiger partial charge is 0.336 e. The second-order valence-corrected chi connectivity index (χ2v) is 7.25. The first-order valence-electron chi connectivity index (χ1n) is 9.46. The van der Waals surface area contributed by atoms with Gasteiger partial charge in [-0.3, -0.25) is 9.67 Å². The van der Waals surface area contributed by atoms with E-state index in [1.807, 2.05) is 0 Å². The lowest BCUT2D eigenvalue weighted by Gasteiger charge is -2.14. The molecule has 27 heavy (non-hydrogen) atoms. The van der Waals surface area contributed by atoms with Gasteiger partial charge in [-0.2, -0.15) is 5.10 Å². The minimum absolute atomic E-state index is 0.289. The summed E-state index contributed by atoms with van der Waals surface area (Å²) in [5.41, 5.74) is 4.17. The van der Waals surface area contributed by atoms with Crippen molar-refractivity contribution in [3.05, 3.63) is 59.0 Å². The molecule has 1 N–H and O–H groups in total. The van der Waals surface area contributed by atoms with Gasteiger partial charge in [0.2, 0.25) is 0 Å². The number of hydrogen-bond donors (Lipinski definition) is 1. The maximum Gasteiger partial charge on any atom is 0.336 e. The molecule has 0 amide bonds. The zero-order valence-corrected chi connectivity index (χ0v) is 15.6. The van der Waals surface area contributed by atoms with Crippen LogP contribution < -0.4 is 0 Å². The van der Waals surface area contributed by atoms with Gasteiger partial charge in [-0.05, 0) is 56.6 Å². The average Bonchev–Trinajstić information content (AvgIpc) is 3.28. The van der Waals surface area contributed by atoms with Crippen LogP contribution in [0.25, 0.3) is 10.9 Å². The Morgan fingerprint density at radius 2 is 2.00 bits per heavy atom. The Balaban J connectivity index is 1.67. The van der Waals surface area contributed by atoms with Gasteiger partial charge in [0, 0.05) is 30.7 Å². The van der Waals surface area contributed by atoms with Crippen LogP contribution in [0.4, 0.5) is 0 Å². The molecule has 0 atom stereocenters. The van der Waals surface area contributed by atoms with E-state index in [0.717, 1.165) is 29.7 Å². The lowest BCUT2D eigenvalue weighted by Crippen LogP contribution is -2.24. The third-order valence-electron chi connectivity index (χ3n) is 5.30. The van der Waals surface area contributed by atoms with E-state index in [4.69, 9.17) is 5.10 Å². The van der Waals surface area contributed by atoms with Crippen LogP contribution in [-0.2, 0) is 13.0 Å². The van der Waals surface area contributed by atoms with E-state index in [1.165, 1.54) is 37.7 Å². The first kappa shape index (κ1) is 17.7. The highest BCUT2D eigenvalue weighted by atomic mass is 16.4. The van der Waals surface area contributed by atoms with Gasteiger partial charge in [0.05, 0.1) is 23.3 Å². The highest BCUT2D eigenvalue weighted by molar-refractivity contribution is 5.90. The summed E-state index contributed by atoms with van der Waals surface area (Å²) < 4.78 is 2.07. The number of likely N-dealkylation sites (tertiary alicyclic amines) is 1. The van der Waals surface area contributed by atoms with Crippen LogP contribution in [0.15, 0.2) is 36.7 Å². The Morgan fingerprint density at radius 3 is 2.78 bits per heavy atom. The SMILES string of the molecule is Cc1ccc2c(c1)c(Cc1cnccc1C(=O)O)nn2CCN1CCCC1. The molecule has 0 spiro atoms. The van der Waals surface area contributed by atoms with Crippen LogP contribution in [0.5, 0.6) is 0 Å². The molecule has 6 heteroatoms. The fourth-order valence-corrected chi connectivity index (χ4v) is 3.86. The van der Waals surface area contributed by atoms with Gasteiger partial charge in [0.15, 0.2) is 0 Å². The van der Waals surface area contributed by atoms with Crippen LogP contribution >= 0.6 is 0 Å². The Kier molecular flexibility index (Phi) is 4.90. The van der Waals surface area contributed by atoms with Crippen molar-refractivity contribution >= 4 is 16.9 Å². The zero-order valence-electron chi connectivity index (χ0n) is 15.6. The number of nitrogens with zero attached hydrogens (tertiary/aromatic N) is 4. The van der Waals surface area contributed by atoms with Crippen molar-refractivity contribution in [2.45, 2.75) is 32.7 Å². The molecule has 3 heterocycles. The molecule has 0 radical (unpaired) electrons. The molecule has 0 aliphatic carbocycles. The third kappa shape index (κ3) is 3.71. The summed E-state index contributed by atoms with van der Waals surface area (Å²) in [5, 5.41) is 15.4. The van der Waals surface area contributed by atoms with Gasteiger partial charge < -0.3 is 10.0 Å². The van der Waals surface area contributed by atoms with Gasteiger partial charge in [-0.15, -0.1) is 0 Å². The summed E-state index contributed by atoms with van der Waals surface area (Å²) in [6, 6.07) is 7.91. The van der Waals surface area contributed by atoms with Crippen molar-refractivity contribution in [1.82, 2.24) is 19.7 Å². The van der Waals surface area contributed by atoms with E-state index >= 15 is 0 Å². The summed E-state index contributed by atoms with van der Waals surface area (Å²) in [4.78, 5) is 18.1. The fraction of sp³-hybridized carbons (Fsp3) is 0.381. The summed E-state index contributed by atoms with van der Waals surface area (Å²) in [5.74, 6) is -0.929. The van der Waals surface area contributed by atoms with Gasteiger partial charge in [-0.25, -0.2) is 4.79 Å². The summed E-state index contributed by atoms with van der Waals surface area (Å²) >= 11 is 0. The minimum atomic E-state index is -0.929. The van der Waals surface area contributed by atoms with Crippen molar-refractivity contribution in [3.8, 4) is 0 Å². The molecule has 1 aliphatic heterocycles. The number of rotatable bonds is 6. The predicted octanol–water partition coefficient (Wildman–Crippen LogP) is 3.12. The molecule has 0 saturated carbocycles. The van der Waals surface area contributed by atoms with Crippen molar-refractivity contribution in [2.24, 2.45) is 0 Å². The van der Waals surface area contributed by atoms with Gasteiger partial charge >= 0.3 is 5.97 Å². The number of carboxylic acids is 1. The van der Waals surface area contributed by atoms with E-state index in [1.54, 1.807) is 12.3 Å². The van der Waals surface area contributed by atoms with Crippen molar-refractivity contribution in [1.29, 1.82) is 0 Å². The largest absolute Gasteiger partial charge is 0.478 e. The number of benzene rings is 1. The molecule has 4 rings (SSSR count). The Hall–Kier alpha value is -2.73. The fourth-order valence-electron chi connectivity index (χ4n) is 3.86. The lowest BCUT2D eigenvalue weighted by atomic mass is 10.0. The van der Waals surface area contributed by atoms with E-state index < -0.39 is 5.97 Å². The van der Waals surface area contributed by atoms with Crippen LogP contribution in [0, 0.1) is 6.92 Å². The van der Waals surface area contributed by atoms with Gasteiger partial charge in [0.25, 0.3) is 0 Å². The number of pyridine rings is 1. The average molecular weight is 364 g/mol. The van der Waals surface area contributed by atoms with Crippen LogP contribution in [0.3, 0.4) is 0 Å². The van der Waals surface area contributed by atoms with E-state index in [2.05, 4.69) is 39.7 Å². The van der Waals surface area contributed by atoms with Gasteiger partial charge in [-0.1, -0.05) is 11.6 Å². The molecule has 1 saturated heterocycles.